The average molecular weight is 193 g/mol. The Morgan fingerprint density at radius 1 is 1.15 bits per heavy atom. The van der Waals surface area contributed by atoms with E-state index in [1.807, 2.05) is 32.0 Å². The van der Waals surface area contributed by atoms with Gasteiger partial charge in [-0.3, -0.25) is 0 Å². The molecular formula is C10H13O2Si. The molecule has 0 aliphatic rings. The van der Waals surface area contributed by atoms with Gasteiger partial charge in [-0.1, -0.05) is 12.1 Å². The number of rotatable bonds is 4. The van der Waals surface area contributed by atoms with Crippen molar-refractivity contribution in [2.75, 3.05) is 13.2 Å². The predicted molar refractivity (Wildman–Crippen MR) is 54.2 cm³/mol. The topological polar surface area (TPSA) is 18.5 Å². The lowest BCUT2D eigenvalue weighted by molar-refractivity contribution is 0.290. The molecule has 13 heavy (non-hydrogen) atoms. The quantitative estimate of drug-likeness (QED) is 0.671. The van der Waals surface area contributed by atoms with E-state index in [9.17, 15) is 0 Å². The summed E-state index contributed by atoms with van der Waals surface area (Å²) in [5.41, 5.74) is 0. The first-order valence-corrected chi connectivity index (χ1v) is 4.89. The molecule has 0 heterocycles. The summed E-state index contributed by atoms with van der Waals surface area (Å²) in [5, 5.41) is 0.924. The summed E-state index contributed by atoms with van der Waals surface area (Å²) in [6, 6.07) is 5.76. The Balaban J connectivity index is 2.95. The summed E-state index contributed by atoms with van der Waals surface area (Å²) in [7, 11) is 3.46. The summed E-state index contributed by atoms with van der Waals surface area (Å²) < 4.78 is 10.9. The summed E-state index contributed by atoms with van der Waals surface area (Å²) in [6.07, 6.45) is 0. The Bertz CT molecular complexity index is 274. The van der Waals surface area contributed by atoms with Crippen molar-refractivity contribution in [1.29, 1.82) is 0 Å². The van der Waals surface area contributed by atoms with Crippen molar-refractivity contribution in [2.45, 2.75) is 13.8 Å². The third-order valence-corrected chi connectivity index (χ3v) is 1.96. The molecule has 1 aromatic rings. The molecule has 0 aliphatic carbocycles. The molecule has 3 radical (unpaired) electrons. The largest absolute Gasteiger partial charge is 0.490 e. The second-order valence-electron chi connectivity index (χ2n) is 2.50. The number of hydrogen-bond acceptors (Lipinski definition) is 2. The molecule has 0 amide bonds. The molecule has 0 aliphatic heterocycles. The molecule has 2 nitrogen and oxygen atoms in total. The molecule has 1 rings (SSSR count). The fourth-order valence-corrected chi connectivity index (χ4v) is 1.37. The van der Waals surface area contributed by atoms with Crippen LogP contribution in [0.15, 0.2) is 18.2 Å². The highest BCUT2D eigenvalue weighted by atomic mass is 28.1. The molecule has 0 fully saturated rings. The SMILES string of the molecule is CCOc1cccc([Si])c1OCC. The fraction of sp³-hybridized carbons (Fsp3) is 0.400. The number of para-hydroxylation sites is 1. The molecule has 69 valence electrons. The molecule has 3 heteroatoms. The lowest BCUT2D eigenvalue weighted by Gasteiger charge is -2.12. The van der Waals surface area contributed by atoms with Gasteiger partial charge >= 0.3 is 0 Å². The summed E-state index contributed by atoms with van der Waals surface area (Å²) in [5.74, 6) is 1.57. The van der Waals surface area contributed by atoms with Crippen molar-refractivity contribution < 1.29 is 9.47 Å². The van der Waals surface area contributed by atoms with Gasteiger partial charge in [0.1, 0.15) is 0 Å². The van der Waals surface area contributed by atoms with Crippen LogP contribution in [0.3, 0.4) is 0 Å². The van der Waals surface area contributed by atoms with Crippen molar-refractivity contribution in [1.82, 2.24) is 0 Å². The Labute approximate surface area is 82.3 Å². The van der Waals surface area contributed by atoms with Gasteiger partial charge in [-0.25, -0.2) is 0 Å². The highest BCUT2D eigenvalue weighted by Gasteiger charge is 2.05. The van der Waals surface area contributed by atoms with E-state index in [0.29, 0.717) is 13.2 Å². The lowest BCUT2D eigenvalue weighted by Crippen LogP contribution is -2.10. The molecule has 1 aromatic carbocycles. The Morgan fingerprint density at radius 3 is 2.46 bits per heavy atom. The van der Waals surface area contributed by atoms with Gasteiger partial charge in [0.2, 0.25) is 0 Å². The van der Waals surface area contributed by atoms with E-state index in [1.165, 1.54) is 0 Å². The van der Waals surface area contributed by atoms with Crippen LogP contribution in [0.1, 0.15) is 13.8 Å². The molecule has 0 N–H and O–H groups in total. The minimum atomic E-state index is 0.640. The normalized spacial score (nSPS) is 9.77. The van der Waals surface area contributed by atoms with Crippen LogP contribution in [0.2, 0.25) is 0 Å². The van der Waals surface area contributed by atoms with E-state index < -0.39 is 0 Å². The highest BCUT2D eigenvalue weighted by Crippen LogP contribution is 2.23. The van der Waals surface area contributed by atoms with E-state index in [2.05, 4.69) is 10.2 Å². The minimum absolute atomic E-state index is 0.640. The van der Waals surface area contributed by atoms with Crippen molar-refractivity contribution in [3.8, 4) is 11.5 Å². The van der Waals surface area contributed by atoms with Gasteiger partial charge in [-0.15, -0.1) is 0 Å². The summed E-state index contributed by atoms with van der Waals surface area (Å²) in [6.45, 7) is 5.20. The molecule has 0 bridgehead atoms. The van der Waals surface area contributed by atoms with Gasteiger partial charge in [0.15, 0.2) is 11.5 Å². The maximum absolute atomic E-state index is 5.45. The summed E-state index contributed by atoms with van der Waals surface area (Å²) >= 11 is 0. The second-order valence-corrected chi connectivity index (χ2v) is 3.04. The monoisotopic (exact) mass is 193 g/mol. The maximum atomic E-state index is 5.45. The van der Waals surface area contributed by atoms with Gasteiger partial charge in [0.25, 0.3) is 0 Å². The zero-order valence-corrected chi connectivity index (χ0v) is 8.96. The standard InChI is InChI=1S/C10H13O2Si/c1-3-11-8-6-5-7-9(13)10(8)12-4-2/h5-7H,3-4H2,1-2H3. The number of hydrogen-bond donors (Lipinski definition) is 0. The number of benzene rings is 1. The molecule has 0 spiro atoms. The van der Waals surface area contributed by atoms with Crippen LogP contribution < -0.4 is 14.7 Å². The van der Waals surface area contributed by atoms with E-state index in [4.69, 9.17) is 9.47 Å². The molecule has 0 atom stereocenters. The van der Waals surface area contributed by atoms with Crippen molar-refractivity contribution >= 4 is 15.4 Å². The van der Waals surface area contributed by atoms with Crippen LogP contribution in [0, 0.1) is 0 Å². The van der Waals surface area contributed by atoms with Crippen LogP contribution >= 0.6 is 0 Å². The number of ether oxygens (including phenoxy) is 2. The molecule has 0 aromatic heterocycles. The third kappa shape index (κ3) is 2.49. The van der Waals surface area contributed by atoms with E-state index in [-0.39, 0.29) is 0 Å². The Morgan fingerprint density at radius 2 is 1.85 bits per heavy atom. The van der Waals surface area contributed by atoms with Crippen molar-refractivity contribution in [3.05, 3.63) is 18.2 Å². The van der Waals surface area contributed by atoms with Crippen molar-refractivity contribution in [3.63, 3.8) is 0 Å². The second kappa shape index (κ2) is 4.92. The first kappa shape index (κ1) is 10.1. The van der Waals surface area contributed by atoms with E-state index >= 15 is 0 Å². The Kier molecular flexibility index (Phi) is 3.83. The average Bonchev–Trinajstić information content (AvgIpc) is 2.11. The Hall–Kier alpha value is -0.963. The van der Waals surface area contributed by atoms with Crippen LogP contribution in [-0.2, 0) is 0 Å². The third-order valence-electron chi connectivity index (χ3n) is 1.57. The molecular weight excluding hydrogens is 180 g/mol. The van der Waals surface area contributed by atoms with E-state index in [1.54, 1.807) is 0 Å². The van der Waals surface area contributed by atoms with Gasteiger partial charge in [0.05, 0.1) is 23.5 Å². The zero-order valence-electron chi connectivity index (χ0n) is 7.96. The fourth-order valence-electron chi connectivity index (χ4n) is 1.08. The maximum Gasteiger partial charge on any atom is 0.160 e. The lowest BCUT2D eigenvalue weighted by atomic mass is 10.3. The summed E-state index contributed by atoms with van der Waals surface area (Å²) in [4.78, 5) is 0. The highest BCUT2D eigenvalue weighted by molar-refractivity contribution is 6.34. The molecule has 0 saturated heterocycles. The van der Waals surface area contributed by atoms with Gasteiger partial charge < -0.3 is 9.47 Å². The van der Waals surface area contributed by atoms with Crippen molar-refractivity contribution in [2.24, 2.45) is 0 Å². The van der Waals surface area contributed by atoms with Crippen LogP contribution in [0.5, 0.6) is 11.5 Å². The van der Waals surface area contributed by atoms with Crippen LogP contribution in [0.4, 0.5) is 0 Å². The smallest absolute Gasteiger partial charge is 0.160 e. The van der Waals surface area contributed by atoms with Gasteiger partial charge in [-0.05, 0) is 25.1 Å². The zero-order chi connectivity index (χ0) is 9.68. The van der Waals surface area contributed by atoms with Gasteiger partial charge in [-0.2, -0.15) is 0 Å². The molecule has 0 unspecified atom stereocenters. The first-order chi connectivity index (χ1) is 6.29. The van der Waals surface area contributed by atoms with E-state index in [0.717, 1.165) is 16.7 Å². The first-order valence-electron chi connectivity index (χ1n) is 4.39. The van der Waals surface area contributed by atoms with Crippen LogP contribution in [-0.4, -0.2) is 23.5 Å². The minimum Gasteiger partial charge on any atom is -0.490 e. The predicted octanol–water partition coefficient (Wildman–Crippen LogP) is 1.28. The van der Waals surface area contributed by atoms with Crippen LogP contribution in [0.25, 0.3) is 0 Å². The van der Waals surface area contributed by atoms with Gasteiger partial charge in [0, 0.05) is 0 Å². The molecule has 0 saturated carbocycles.